The topological polar surface area (TPSA) is 210 Å². The van der Waals surface area contributed by atoms with Gasteiger partial charge in [-0.05, 0) is 35.4 Å². The maximum Gasteiger partial charge on any atom is 0.338 e. The number of carbonyl (C=O) groups excluding carboxylic acids is 2. The Hall–Kier alpha value is -5.85. The van der Waals surface area contributed by atoms with Crippen LogP contribution in [0.25, 0.3) is 43.1 Å². The number of anilines is 1. The molecule has 5 rings (SSSR count). The zero-order chi connectivity index (χ0) is 31.3. The third kappa shape index (κ3) is 4.47. The summed E-state index contributed by atoms with van der Waals surface area (Å²) >= 11 is 0. The van der Waals surface area contributed by atoms with E-state index in [1.54, 1.807) is 0 Å². The SMILES string of the molecule is CCCCOC(=O)c1cc(NC(C)=O)c2c3ccc(C(=O)O)c4c(C(=O)O)cc([N+](=O)[O-])c(c5ccc(C(=O)O)c1c52)c43. The second kappa shape index (κ2) is 10.5. The summed E-state index contributed by atoms with van der Waals surface area (Å²) in [6, 6.07) is 6.86. The van der Waals surface area contributed by atoms with Crippen molar-refractivity contribution in [1.82, 2.24) is 0 Å². The number of rotatable bonds is 9. The molecule has 0 radical (unpaired) electrons. The smallest absolute Gasteiger partial charge is 0.338 e. The fourth-order valence-corrected chi connectivity index (χ4v) is 5.59. The van der Waals surface area contributed by atoms with Crippen LogP contribution in [0.2, 0.25) is 0 Å². The molecule has 4 N–H and O–H groups in total. The van der Waals surface area contributed by atoms with E-state index in [1.165, 1.54) is 25.1 Å². The van der Waals surface area contributed by atoms with Crippen LogP contribution < -0.4 is 5.32 Å². The molecule has 0 spiro atoms. The molecule has 13 nitrogen and oxygen atoms in total. The summed E-state index contributed by atoms with van der Waals surface area (Å²) in [6.45, 7) is 3.10. The zero-order valence-electron chi connectivity index (χ0n) is 22.6. The van der Waals surface area contributed by atoms with Crippen molar-refractivity contribution in [3.63, 3.8) is 0 Å². The van der Waals surface area contributed by atoms with E-state index in [1.807, 2.05) is 6.92 Å². The largest absolute Gasteiger partial charge is 0.478 e. The molecular formula is C30H22N2O11. The predicted octanol–water partition coefficient (Wildman–Crippen LogP) is 5.66. The molecule has 0 unspecified atom stereocenters. The fourth-order valence-electron chi connectivity index (χ4n) is 5.59. The molecule has 0 aliphatic rings. The summed E-state index contributed by atoms with van der Waals surface area (Å²) in [5, 5.41) is 44.7. The molecule has 0 saturated carbocycles. The monoisotopic (exact) mass is 586 g/mol. The Morgan fingerprint density at radius 1 is 0.767 bits per heavy atom. The number of esters is 1. The van der Waals surface area contributed by atoms with Gasteiger partial charge in [-0.25, -0.2) is 19.2 Å². The highest BCUT2D eigenvalue weighted by Gasteiger charge is 2.31. The van der Waals surface area contributed by atoms with E-state index in [-0.39, 0.29) is 66.5 Å². The Kier molecular flexibility index (Phi) is 7.02. The van der Waals surface area contributed by atoms with Gasteiger partial charge in [-0.2, -0.15) is 0 Å². The maximum absolute atomic E-state index is 13.4. The molecule has 43 heavy (non-hydrogen) atoms. The number of hydrogen-bond acceptors (Lipinski definition) is 8. The second-order valence-corrected chi connectivity index (χ2v) is 9.83. The van der Waals surface area contributed by atoms with Crippen LogP contribution in [0.15, 0.2) is 36.4 Å². The molecule has 0 aromatic heterocycles. The number of nitrogens with zero attached hydrogens (tertiary/aromatic N) is 1. The van der Waals surface area contributed by atoms with Crippen LogP contribution in [0.5, 0.6) is 0 Å². The van der Waals surface area contributed by atoms with Gasteiger partial charge in [0, 0.05) is 39.9 Å². The van der Waals surface area contributed by atoms with Crippen LogP contribution in [0.4, 0.5) is 11.4 Å². The predicted molar refractivity (Wildman–Crippen MR) is 155 cm³/mol. The number of hydrogen-bond donors (Lipinski definition) is 4. The van der Waals surface area contributed by atoms with Crippen LogP contribution in [-0.2, 0) is 9.53 Å². The number of carboxylic acids is 3. The second-order valence-electron chi connectivity index (χ2n) is 9.83. The Morgan fingerprint density at radius 2 is 1.30 bits per heavy atom. The quantitative estimate of drug-likeness (QED) is 0.0413. The highest BCUT2D eigenvalue weighted by molar-refractivity contribution is 6.41. The van der Waals surface area contributed by atoms with Crippen LogP contribution >= 0.6 is 0 Å². The highest BCUT2D eigenvalue weighted by atomic mass is 16.6. The first-order valence-corrected chi connectivity index (χ1v) is 13.0. The van der Waals surface area contributed by atoms with Crippen LogP contribution in [-0.4, -0.2) is 56.6 Å². The van der Waals surface area contributed by atoms with Crippen molar-refractivity contribution in [1.29, 1.82) is 0 Å². The van der Waals surface area contributed by atoms with Crippen molar-refractivity contribution in [3.05, 3.63) is 68.8 Å². The fraction of sp³-hybridized carbons (Fsp3) is 0.167. The minimum absolute atomic E-state index is 0.00429. The number of nitro groups is 1. The molecule has 0 heterocycles. The highest BCUT2D eigenvalue weighted by Crippen LogP contribution is 2.49. The van der Waals surface area contributed by atoms with Gasteiger partial charge in [-0.1, -0.05) is 25.5 Å². The third-order valence-electron chi connectivity index (χ3n) is 7.23. The van der Waals surface area contributed by atoms with Gasteiger partial charge in [0.25, 0.3) is 5.69 Å². The summed E-state index contributed by atoms with van der Waals surface area (Å²) in [7, 11) is 0. The molecule has 218 valence electrons. The number of carbonyl (C=O) groups is 5. The number of nitrogens with one attached hydrogen (secondary N) is 1. The van der Waals surface area contributed by atoms with Crippen molar-refractivity contribution in [2.75, 3.05) is 11.9 Å². The van der Waals surface area contributed by atoms with E-state index in [0.29, 0.717) is 12.8 Å². The number of unbranched alkanes of at least 4 members (excludes halogenated alkanes) is 1. The number of non-ortho nitro benzene ring substituents is 1. The van der Waals surface area contributed by atoms with Crippen LogP contribution in [0, 0.1) is 10.1 Å². The minimum Gasteiger partial charge on any atom is -0.478 e. The van der Waals surface area contributed by atoms with Crippen LogP contribution in [0.3, 0.4) is 0 Å². The molecule has 1 amide bonds. The molecule has 0 fully saturated rings. The van der Waals surface area contributed by atoms with Crippen LogP contribution in [0.1, 0.15) is 68.1 Å². The number of ether oxygens (including phenoxy) is 1. The summed E-state index contributed by atoms with van der Waals surface area (Å²) in [6.07, 6.45) is 1.23. The van der Waals surface area contributed by atoms with Gasteiger partial charge in [-0.3, -0.25) is 14.9 Å². The van der Waals surface area contributed by atoms with Gasteiger partial charge in [0.2, 0.25) is 5.91 Å². The van der Waals surface area contributed by atoms with E-state index in [9.17, 15) is 49.4 Å². The van der Waals surface area contributed by atoms with E-state index in [4.69, 9.17) is 4.74 Å². The molecule has 0 bridgehead atoms. The van der Waals surface area contributed by atoms with Crippen molar-refractivity contribution in [2.24, 2.45) is 0 Å². The number of aromatic carboxylic acids is 3. The number of fused-ring (bicyclic) bond motifs is 2. The van der Waals surface area contributed by atoms with E-state index in [0.717, 1.165) is 18.2 Å². The molecule has 5 aromatic carbocycles. The molecule has 0 aliphatic carbocycles. The lowest BCUT2D eigenvalue weighted by atomic mass is 9.83. The molecule has 5 aromatic rings. The summed E-state index contributed by atoms with van der Waals surface area (Å²) in [4.78, 5) is 74.2. The van der Waals surface area contributed by atoms with Gasteiger partial charge >= 0.3 is 23.9 Å². The lowest BCUT2D eigenvalue weighted by molar-refractivity contribution is -0.383. The Bertz CT molecular complexity index is 2080. The lowest BCUT2D eigenvalue weighted by Gasteiger charge is -2.21. The van der Waals surface area contributed by atoms with E-state index in [2.05, 4.69) is 5.32 Å². The normalized spacial score (nSPS) is 11.3. The van der Waals surface area contributed by atoms with Gasteiger partial charge < -0.3 is 25.4 Å². The Balaban J connectivity index is 2.17. The Morgan fingerprint density at radius 3 is 1.81 bits per heavy atom. The molecule has 0 aliphatic heterocycles. The summed E-state index contributed by atoms with van der Waals surface area (Å²) < 4.78 is 5.39. The Labute approximate surface area is 240 Å². The molecular weight excluding hydrogens is 564 g/mol. The average molecular weight is 587 g/mol. The summed E-state index contributed by atoms with van der Waals surface area (Å²) in [5.74, 6) is -5.98. The van der Waals surface area contributed by atoms with Crippen molar-refractivity contribution in [3.8, 4) is 0 Å². The maximum atomic E-state index is 13.4. The van der Waals surface area contributed by atoms with Crippen molar-refractivity contribution < 1.29 is 49.0 Å². The number of carboxylic acid groups (broad SMARTS) is 3. The third-order valence-corrected chi connectivity index (χ3v) is 7.23. The number of nitro benzene ring substituents is 1. The van der Waals surface area contributed by atoms with Gasteiger partial charge in [0.05, 0.1) is 44.9 Å². The van der Waals surface area contributed by atoms with Crippen molar-refractivity contribution >= 4 is 84.2 Å². The van der Waals surface area contributed by atoms with E-state index >= 15 is 0 Å². The first kappa shape index (κ1) is 28.7. The standard InChI is InChI=1S/C30H22N2O11/c1-3-4-9-43-30(40)18-10-19(31-12(2)33)23-13-5-7-15(27(34)35)21-17(29(38)39)11-20(32(41)42)24(26(13)21)14-6-8-16(28(36)37)22(18)25(14)23/h5-8,10-11H,3-4,9H2,1-2H3,(H,31,33)(H,34,35)(H,36,37)(H,38,39). The van der Waals surface area contributed by atoms with Gasteiger partial charge in [0.1, 0.15) is 0 Å². The number of amides is 1. The first-order valence-electron chi connectivity index (χ1n) is 13.0. The summed E-state index contributed by atoms with van der Waals surface area (Å²) in [5.41, 5.74) is -2.30. The number of benzene rings is 5. The van der Waals surface area contributed by atoms with Gasteiger partial charge in [0.15, 0.2) is 0 Å². The first-order chi connectivity index (χ1) is 20.4. The van der Waals surface area contributed by atoms with E-state index < -0.39 is 51.5 Å². The molecule has 0 saturated heterocycles. The zero-order valence-corrected chi connectivity index (χ0v) is 22.6. The van der Waals surface area contributed by atoms with Gasteiger partial charge in [-0.15, -0.1) is 0 Å². The molecule has 13 heteroatoms. The van der Waals surface area contributed by atoms with Crippen molar-refractivity contribution in [2.45, 2.75) is 26.7 Å². The lowest BCUT2D eigenvalue weighted by Crippen LogP contribution is -2.13. The average Bonchev–Trinajstić information content (AvgIpc) is 2.94. The molecule has 0 atom stereocenters. The minimum atomic E-state index is -1.61.